The predicted molar refractivity (Wildman–Crippen MR) is 71.0 cm³/mol. The van der Waals surface area contributed by atoms with E-state index in [2.05, 4.69) is 34.9 Å². The van der Waals surface area contributed by atoms with E-state index in [1.165, 1.54) is 24.8 Å². The van der Waals surface area contributed by atoms with Crippen molar-refractivity contribution in [3.05, 3.63) is 35.9 Å². The van der Waals surface area contributed by atoms with E-state index in [0.717, 1.165) is 13.1 Å². The van der Waals surface area contributed by atoms with Crippen LogP contribution in [-0.4, -0.2) is 19.0 Å². The maximum Gasteiger partial charge on any atom is 0.226 e. The third kappa shape index (κ3) is 2.27. The molecule has 1 aromatic rings. The molecule has 18 heavy (non-hydrogen) atoms. The molecule has 1 saturated carbocycles. The van der Waals surface area contributed by atoms with E-state index >= 15 is 0 Å². The molecule has 0 bridgehead atoms. The molecule has 1 saturated heterocycles. The average Bonchev–Trinajstić information content (AvgIpc) is 2.24. The standard InChI is InChI=1S/C15H20N2O/c18-15(13-9-16-10-13)17-14(12-7-4-8-12)11-5-2-1-3-6-11/h1-3,5-6,12-14,16H,4,7-10H2,(H,17,18). The molecule has 0 spiro atoms. The Morgan fingerprint density at radius 1 is 1.22 bits per heavy atom. The van der Waals surface area contributed by atoms with Crippen molar-refractivity contribution < 1.29 is 4.79 Å². The van der Waals surface area contributed by atoms with Crippen molar-refractivity contribution in [3.63, 3.8) is 0 Å². The van der Waals surface area contributed by atoms with Gasteiger partial charge >= 0.3 is 0 Å². The van der Waals surface area contributed by atoms with Crippen molar-refractivity contribution in [3.8, 4) is 0 Å². The first-order valence-electron chi connectivity index (χ1n) is 6.90. The van der Waals surface area contributed by atoms with Gasteiger partial charge in [-0.25, -0.2) is 0 Å². The summed E-state index contributed by atoms with van der Waals surface area (Å²) in [5.74, 6) is 1.02. The minimum atomic E-state index is 0.177. The fourth-order valence-corrected chi connectivity index (χ4v) is 2.65. The number of rotatable bonds is 4. The van der Waals surface area contributed by atoms with Gasteiger partial charge < -0.3 is 10.6 Å². The summed E-state index contributed by atoms with van der Waals surface area (Å²) >= 11 is 0. The molecule has 2 aliphatic rings. The molecule has 1 heterocycles. The number of benzene rings is 1. The van der Waals surface area contributed by atoms with Crippen LogP contribution in [0.25, 0.3) is 0 Å². The molecule has 1 aliphatic heterocycles. The molecule has 1 aliphatic carbocycles. The van der Waals surface area contributed by atoms with Crippen LogP contribution in [0.2, 0.25) is 0 Å². The molecular weight excluding hydrogens is 224 g/mol. The highest BCUT2D eigenvalue weighted by molar-refractivity contribution is 5.80. The van der Waals surface area contributed by atoms with Gasteiger partial charge in [-0.05, 0) is 24.3 Å². The predicted octanol–water partition coefficient (Wildman–Crippen LogP) is 1.86. The number of carbonyl (C=O) groups is 1. The lowest BCUT2D eigenvalue weighted by molar-refractivity contribution is -0.127. The highest BCUT2D eigenvalue weighted by Gasteiger charge is 2.32. The summed E-state index contributed by atoms with van der Waals surface area (Å²) < 4.78 is 0. The van der Waals surface area contributed by atoms with E-state index in [1.807, 2.05) is 6.07 Å². The summed E-state index contributed by atoms with van der Waals surface area (Å²) in [6, 6.07) is 10.6. The zero-order valence-corrected chi connectivity index (χ0v) is 10.6. The molecule has 3 rings (SSSR count). The second-order valence-electron chi connectivity index (χ2n) is 5.44. The SMILES string of the molecule is O=C(NC(c1ccccc1)C1CCC1)C1CNC1. The van der Waals surface area contributed by atoms with Crippen molar-refractivity contribution in [2.24, 2.45) is 11.8 Å². The van der Waals surface area contributed by atoms with Crippen LogP contribution in [-0.2, 0) is 4.79 Å². The van der Waals surface area contributed by atoms with Gasteiger partial charge in [-0.2, -0.15) is 0 Å². The molecule has 1 amide bonds. The fraction of sp³-hybridized carbons (Fsp3) is 0.533. The average molecular weight is 244 g/mol. The zero-order valence-electron chi connectivity index (χ0n) is 10.6. The van der Waals surface area contributed by atoms with E-state index in [4.69, 9.17) is 0 Å². The van der Waals surface area contributed by atoms with Crippen molar-refractivity contribution in [1.29, 1.82) is 0 Å². The Labute approximate surface area is 108 Å². The third-order valence-corrected chi connectivity index (χ3v) is 4.23. The molecule has 3 nitrogen and oxygen atoms in total. The Balaban J connectivity index is 1.71. The van der Waals surface area contributed by atoms with Gasteiger partial charge in [0.2, 0.25) is 5.91 Å². The fourth-order valence-electron chi connectivity index (χ4n) is 2.65. The van der Waals surface area contributed by atoms with Crippen LogP contribution in [0.3, 0.4) is 0 Å². The van der Waals surface area contributed by atoms with E-state index < -0.39 is 0 Å². The topological polar surface area (TPSA) is 41.1 Å². The lowest BCUT2D eigenvalue weighted by Crippen LogP contribution is -2.52. The molecule has 2 N–H and O–H groups in total. The molecule has 1 atom stereocenters. The maximum absolute atomic E-state index is 12.1. The summed E-state index contributed by atoms with van der Waals surface area (Å²) in [6.07, 6.45) is 3.78. The van der Waals surface area contributed by atoms with Gasteiger partial charge in [0, 0.05) is 13.1 Å². The Kier molecular flexibility index (Phi) is 3.33. The first kappa shape index (κ1) is 11.7. The maximum atomic E-state index is 12.1. The van der Waals surface area contributed by atoms with Gasteiger partial charge in [0.25, 0.3) is 0 Å². The highest BCUT2D eigenvalue weighted by Crippen LogP contribution is 2.37. The quantitative estimate of drug-likeness (QED) is 0.849. The van der Waals surface area contributed by atoms with Crippen molar-refractivity contribution in [2.45, 2.75) is 25.3 Å². The Hall–Kier alpha value is -1.35. The largest absolute Gasteiger partial charge is 0.349 e. The molecular formula is C15H20N2O. The molecule has 1 aromatic carbocycles. The monoisotopic (exact) mass is 244 g/mol. The van der Waals surface area contributed by atoms with Crippen LogP contribution in [0.1, 0.15) is 30.9 Å². The first-order valence-corrected chi connectivity index (χ1v) is 6.90. The molecule has 2 fully saturated rings. The van der Waals surface area contributed by atoms with Gasteiger partial charge in [-0.15, -0.1) is 0 Å². The second-order valence-corrected chi connectivity index (χ2v) is 5.44. The summed E-state index contributed by atoms with van der Waals surface area (Å²) in [6.45, 7) is 1.66. The smallest absolute Gasteiger partial charge is 0.226 e. The minimum Gasteiger partial charge on any atom is -0.349 e. The molecule has 96 valence electrons. The number of carbonyl (C=O) groups excluding carboxylic acids is 1. The van der Waals surface area contributed by atoms with Crippen molar-refractivity contribution in [1.82, 2.24) is 10.6 Å². The van der Waals surface area contributed by atoms with Crippen LogP contribution in [0.4, 0.5) is 0 Å². The van der Waals surface area contributed by atoms with E-state index in [0.29, 0.717) is 5.92 Å². The Morgan fingerprint density at radius 3 is 2.44 bits per heavy atom. The van der Waals surface area contributed by atoms with Crippen molar-refractivity contribution >= 4 is 5.91 Å². The molecule has 3 heteroatoms. The number of nitrogens with one attached hydrogen (secondary N) is 2. The van der Waals surface area contributed by atoms with Gasteiger partial charge in [0.1, 0.15) is 0 Å². The number of hydrogen-bond donors (Lipinski definition) is 2. The molecule has 0 radical (unpaired) electrons. The van der Waals surface area contributed by atoms with Crippen LogP contribution < -0.4 is 10.6 Å². The molecule has 0 aromatic heterocycles. The zero-order chi connectivity index (χ0) is 12.4. The second kappa shape index (κ2) is 5.11. The van der Waals surface area contributed by atoms with Gasteiger partial charge in [0.15, 0.2) is 0 Å². The van der Waals surface area contributed by atoms with Crippen LogP contribution in [0.5, 0.6) is 0 Å². The van der Waals surface area contributed by atoms with Crippen LogP contribution in [0.15, 0.2) is 30.3 Å². The highest BCUT2D eigenvalue weighted by atomic mass is 16.2. The van der Waals surface area contributed by atoms with Crippen molar-refractivity contribution in [2.75, 3.05) is 13.1 Å². The third-order valence-electron chi connectivity index (χ3n) is 4.23. The first-order chi connectivity index (χ1) is 8.84. The normalized spacial score (nSPS) is 21.8. The van der Waals surface area contributed by atoms with E-state index in [1.54, 1.807) is 0 Å². The Bertz CT molecular complexity index is 410. The van der Waals surface area contributed by atoms with Crippen LogP contribution >= 0.6 is 0 Å². The van der Waals surface area contributed by atoms with Gasteiger partial charge in [0.05, 0.1) is 12.0 Å². The van der Waals surface area contributed by atoms with E-state index in [-0.39, 0.29) is 17.9 Å². The van der Waals surface area contributed by atoms with Gasteiger partial charge in [-0.1, -0.05) is 36.8 Å². The summed E-state index contributed by atoms with van der Waals surface area (Å²) in [7, 11) is 0. The van der Waals surface area contributed by atoms with E-state index in [9.17, 15) is 4.79 Å². The van der Waals surface area contributed by atoms with Crippen LogP contribution in [0, 0.1) is 11.8 Å². The lowest BCUT2D eigenvalue weighted by atomic mass is 9.77. The summed E-state index contributed by atoms with van der Waals surface area (Å²) in [5.41, 5.74) is 1.25. The lowest BCUT2D eigenvalue weighted by Gasteiger charge is -2.36. The minimum absolute atomic E-state index is 0.177. The number of amides is 1. The summed E-state index contributed by atoms with van der Waals surface area (Å²) in [4.78, 5) is 12.1. The molecule has 1 unspecified atom stereocenters. The summed E-state index contributed by atoms with van der Waals surface area (Å²) in [5, 5.41) is 6.41. The Morgan fingerprint density at radius 2 is 1.94 bits per heavy atom. The number of hydrogen-bond acceptors (Lipinski definition) is 2. The van der Waals surface area contributed by atoms with Gasteiger partial charge in [-0.3, -0.25) is 4.79 Å².